The minimum Gasteiger partial charge on any atom is -0.457 e. The van der Waals surface area contributed by atoms with Crippen LogP contribution in [0.1, 0.15) is 245 Å². The SMILES string of the molecule is CCCCCCCCCCCCCCCCCCCCCCCCCCOCC(COP(=O)(O)OCC[N+](C)(C)C)OC(=O)CCCCCCCCCCCCC. The van der Waals surface area contributed by atoms with Crippen LogP contribution in [0.4, 0.5) is 0 Å². The summed E-state index contributed by atoms with van der Waals surface area (Å²) in [7, 11) is 1.69. The molecule has 8 nitrogen and oxygen atoms in total. The summed E-state index contributed by atoms with van der Waals surface area (Å²) >= 11 is 0. The Hall–Kier alpha value is -0.500. The molecule has 57 heavy (non-hydrogen) atoms. The Labute approximate surface area is 355 Å². The fourth-order valence-electron chi connectivity index (χ4n) is 7.32. The molecular weight excluding hydrogens is 734 g/mol. The Morgan fingerprint density at radius 2 is 0.807 bits per heavy atom. The van der Waals surface area contributed by atoms with Gasteiger partial charge in [0, 0.05) is 13.0 Å². The van der Waals surface area contributed by atoms with E-state index in [1.165, 1.54) is 193 Å². The number of hydrogen-bond donors (Lipinski definition) is 1. The van der Waals surface area contributed by atoms with Crippen molar-refractivity contribution in [1.29, 1.82) is 0 Å². The predicted octanol–water partition coefficient (Wildman–Crippen LogP) is 14.8. The van der Waals surface area contributed by atoms with Crippen LogP contribution in [-0.2, 0) is 27.9 Å². The largest absolute Gasteiger partial charge is 0.472 e. The van der Waals surface area contributed by atoms with Crippen LogP contribution in [0.15, 0.2) is 0 Å². The number of hydrogen-bond acceptors (Lipinski definition) is 6. The zero-order valence-corrected chi connectivity index (χ0v) is 39.8. The number of phosphoric acid groups is 1. The second-order valence-corrected chi connectivity index (χ2v) is 19.7. The number of phosphoric ester groups is 1. The van der Waals surface area contributed by atoms with E-state index in [-0.39, 0.29) is 25.8 Å². The molecule has 0 aromatic heterocycles. The third-order valence-corrected chi connectivity index (χ3v) is 12.2. The van der Waals surface area contributed by atoms with Crippen LogP contribution in [-0.4, -0.2) is 75.6 Å². The first-order chi connectivity index (χ1) is 27.6. The average molecular weight is 833 g/mol. The number of carbonyl (C=O) groups is 1. The maximum absolute atomic E-state index is 12.7. The van der Waals surface area contributed by atoms with E-state index < -0.39 is 13.9 Å². The fourth-order valence-corrected chi connectivity index (χ4v) is 8.06. The van der Waals surface area contributed by atoms with E-state index in [2.05, 4.69) is 13.8 Å². The molecule has 0 bridgehead atoms. The summed E-state index contributed by atoms with van der Waals surface area (Å²) in [5, 5.41) is 0. The van der Waals surface area contributed by atoms with E-state index >= 15 is 0 Å². The van der Waals surface area contributed by atoms with E-state index in [9.17, 15) is 14.3 Å². The molecule has 0 spiro atoms. The van der Waals surface area contributed by atoms with Gasteiger partial charge in [0.05, 0.1) is 34.4 Å². The quantitative estimate of drug-likeness (QED) is 0.0283. The predicted molar refractivity (Wildman–Crippen MR) is 243 cm³/mol. The van der Waals surface area contributed by atoms with Crippen LogP contribution in [0.25, 0.3) is 0 Å². The number of ether oxygens (including phenoxy) is 2. The molecule has 0 amide bonds. The first-order valence-electron chi connectivity index (χ1n) is 24.8. The third-order valence-electron chi connectivity index (χ3n) is 11.2. The number of unbranched alkanes of at least 4 members (excludes halogenated alkanes) is 33. The third kappa shape index (κ3) is 46.4. The Kier molecular flexibility index (Phi) is 41.8. The van der Waals surface area contributed by atoms with Gasteiger partial charge >= 0.3 is 13.8 Å². The van der Waals surface area contributed by atoms with Crippen molar-refractivity contribution in [2.45, 2.75) is 251 Å². The number of nitrogens with zero attached hydrogens (tertiary/aromatic N) is 1. The van der Waals surface area contributed by atoms with Gasteiger partial charge in [-0.25, -0.2) is 4.57 Å². The molecular formula is C48H99NO7P+. The molecule has 342 valence electrons. The summed E-state index contributed by atoms with van der Waals surface area (Å²) in [5.41, 5.74) is 0. The Balaban J connectivity index is 3.99. The van der Waals surface area contributed by atoms with Crippen molar-refractivity contribution in [3.8, 4) is 0 Å². The fraction of sp³-hybridized carbons (Fsp3) is 0.979. The molecule has 0 heterocycles. The zero-order chi connectivity index (χ0) is 42.0. The summed E-state index contributed by atoms with van der Waals surface area (Å²) in [6.07, 6.45) is 45.8. The summed E-state index contributed by atoms with van der Waals surface area (Å²) < 4.78 is 35.1. The van der Waals surface area contributed by atoms with Gasteiger partial charge in [-0.1, -0.05) is 226 Å². The molecule has 0 aliphatic carbocycles. The van der Waals surface area contributed by atoms with E-state index in [4.69, 9.17) is 18.5 Å². The van der Waals surface area contributed by atoms with Gasteiger partial charge < -0.3 is 18.9 Å². The smallest absolute Gasteiger partial charge is 0.457 e. The van der Waals surface area contributed by atoms with E-state index in [0.29, 0.717) is 24.1 Å². The van der Waals surface area contributed by atoms with Gasteiger partial charge in [0.15, 0.2) is 0 Å². The Bertz CT molecular complexity index is 883. The van der Waals surface area contributed by atoms with Crippen molar-refractivity contribution in [2.24, 2.45) is 0 Å². The molecule has 0 saturated heterocycles. The molecule has 0 aromatic rings. The zero-order valence-electron chi connectivity index (χ0n) is 38.9. The van der Waals surface area contributed by atoms with Crippen LogP contribution in [0, 0.1) is 0 Å². The molecule has 0 radical (unpaired) electrons. The van der Waals surface area contributed by atoms with E-state index in [1.54, 1.807) is 0 Å². The molecule has 9 heteroatoms. The van der Waals surface area contributed by atoms with E-state index in [0.717, 1.165) is 32.1 Å². The molecule has 0 rings (SSSR count). The lowest BCUT2D eigenvalue weighted by atomic mass is 10.0. The van der Waals surface area contributed by atoms with Crippen molar-refractivity contribution in [3.63, 3.8) is 0 Å². The molecule has 0 fully saturated rings. The highest BCUT2D eigenvalue weighted by Gasteiger charge is 2.26. The molecule has 0 aliphatic heterocycles. The number of carbonyl (C=O) groups excluding carboxylic acids is 1. The first-order valence-corrected chi connectivity index (χ1v) is 26.3. The minimum absolute atomic E-state index is 0.0939. The standard InChI is InChI=1S/C48H98NO7P/c1-6-8-10-12-14-16-18-19-20-21-22-23-24-25-26-27-28-29-30-32-34-36-38-40-43-53-45-47(46-55-57(51,52)54-44-42-49(3,4)5)56-48(50)41-39-37-35-33-31-17-15-13-11-9-7-2/h47H,6-46H2,1-5H3/p+1. The molecule has 2 atom stereocenters. The van der Waals surface area contributed by atoms with Crippen LogP contribution in [0.2, 0.25) is 0 Å². The van der Waals surface area contributed by atoms with Crippen LogP contribution < -0.4 is 0 Å². The molecule has 0 aliphatic rings. The molecule has 1 N–H and O–H groups in total. The van der Waals surface area contributed by atoms with Crippen LogP contribution in [0.3, 0.4) is 0 Å². The lowest BCUT2D eigenvalue weighted by Crippen LogP contribution is -2.37. The highest BCUT2D eigenvalue weighted by atomic mass is 31.2. The monoisotopic (exact) mass is 833 g/mol. The molecule has 0 saturated carbocycles. The summed E-state index contributed by atoms with van der Waals surface area (Å²) in [4.78, 5) is 22.9. The lowest BCUT2D eigenvalue weighted by molar-refractivity contribution is -0.870. The van der Waals surface area contributed by atoms with Gasteiger partial charge in [0.25, 0.3) is 0 Å². The van der Waals surface area contributed by atoms with Gasteiger partial charge in [0.2, 0.25) is 0 Å². The van der Waals surface area contributed by atoms with Gasteiger partial charge in [-0.3, -0.25) is 13.8 Å². The maximum atomic E-state index is 12.7. The highest BCUT2D eigenvalue weighted by molar-refractivity contribution is 7.47. The summed E-state index contributed by atoms with van der Waals surface area (Å²) in [5.74, 6) is -0.309. The van der Waals surface area contributed by atoms with Crippen molar-refractivity contribution in [2.75, 3.05) is 54.1 Å². The maximum Gasteiger partial charge on any atom is 0.472 e. The number of esters is 1. The normalized spacial score (nSPS) is 13.6. The van der Waals surface area contributed by atoms with Crippen molar-refractivity contribution < 1.29 is 37.3 Å². The van der Waals surface area contributed by atoms with Gasteiger partial charge in [-0.2, -0.15) is 0 Å². The highest BCUT2D eigenvalue weighted by Crippen LogP contribution is 2.43. The number of quaternary nitrogens is 1. The van der Waals surface area contributed by atoms with Crippen LogP contribution >= 0.6 is 7.82 Å². The number of rotatable bonds is 47. The number of likely N-dealkylation sites (N-methyl/N-ethyl adjacent to an activating group) is 1. The Morgan fingerprint density at radius 1 is 0.474 bits per heavy atom. The summed E-state index contributed by atoms with van der Waals surface area (Å²) in [6, 6.07) is 0. The van der Waals surface area contributed by atoms with Gasteiger partial charge in [-0.15, -0.1) is 0 Å². The Morgan fingerprint density at radius 3 is 1.16 bits per heavy atom. The minimum atomic E-state index is -4.27. The van der Waals surface area contributed by atoms with Crippen LogP contribution in [0.5, 0.6) is 0 Å². The molecule has 0 aromatic carbocycles. The first kappa shape index (κ1) is 56.5. The lowest BCUT2D eigenvalue weighted by Gasteiger charge is -2.24. The van der Waals surface area contributed by atoms with Gasteiger partial charge in [-0.05, 0) is 12.8 Å². The second kappa shape index (κ2) is 42.2. The van der Waals surface area contributed by atoms with Crippen molar-refractivity contribution in [3.05, 3.63) is 0 Å². The van der Waals surface area contributed by atoms with Gasteiger partial charge in [0.1, 0.15) is 19.3 Å². The summed E-state index contributed by atoms with van der Waals surface area (Å²) in [6.45, 7) is 5.68. The molecule has 2 unspecified atom stereocenters. The second-order valence-electron chi connectivity index (χ2n) is 18.2. The van der Waals surface area contributed by atoms with Crippen molar-refractivity contribution in [1.82, 2.24) is 0 Å². The van der Waals surface area contributed by atoms with E-state index in [1.807, 2.05) is 21.1 Å². The topological polar surface area (TPSA) is 91.3 Å². The average Bonchev–Trinajstić information content (AvgIpc) is 3.16. The van der Waals surface area contributed by atoms with Crippen molar-refractivity contribution >= 4 is 13.8 Å².